The van der Waals surface area contributed by atoms with E-state index in [1.807, 2.05) is 6.92 Å². The number of halogens is 2. The monoisotopic (exact) mass is 243 g/mol. The molecule has 2 heterocycles. The van der Waals surface area contributed by atoms with E-state index in [1.165, 1.54) is 17.4 Å². The lowest BCUT2D eigenvalue weighted by atomic mass is 10.3. The summed E-state index contributed by atoms with van der Waals surface area (Å²) in [5, 5.41) is 9.00. The number of aromatic nitrogens is 3. The van der Waals surface area contributed by atoms with Crippen LogP contribution < -0.4 is 0 Å². The molecule has 0 amide bonds. The Morgan fingerprint density at radius 1 is 1.40 bits per heavy atom. The summed E-state index contributed by atoms with van der Waals surface area (Å²) in [5.74, 6) is -0.386. The molecule has 0 saturated carbocycles. The summed E-state index contributed by atoms with van der Waals surface area (Å²) in [7, 11) is 0. The van der Waals surface area contributed by atoms with Gasteiger partial charge in [-0.3, -0.25) is 4.98 Å². The first-order valence-electron chi connectivity index (χ1n) is 4.25. The summed E-state index contributed by atoms with van der Waals surface area (Å²) in [4.78, 5) is 3.75. The zero-order valence-electron chi connectivity index (χ0n) is 7.82. The lowest BCUT2D eigenvalue weighted by molar-refractivity contribution is 0.622. The fraction of sp³-hybridized carbons (Fsp3) is 0.222. The van der Waals surface area contributed by atoms with Crippen LogP contribution in [0.2, 0.25) is 0 Å². The van der Waals surface area contributed by atoms with Crippen molar-refractivity contribution in [2.45, 2.75) is 12.3 Å². The van der Waals surface area contributed by atoms with Crippen LogP contribution in [0.3, 0.4) is 0 Å². The minimum absolute atomic E-state index is 0.183. The van der Waals surface area contributed by atoms with Gasteiger partial charge in [0.2, 0.25) is 0 Å². The minimum Gasteiger partial charge on any atom is -0.261 e. The summed E-state index contributed by atoms with van der Waals surface area (Å²) in [5.41, 5.74) is 0.621. The first-order chi connectivity index (χ1) is 7.16. The molecule has 0 spiro atoms. The molecule has 0 radical (unpaired) electrons. The number of hydrogen-bond donors (Lipinski definition) is 0. The Bertz CT molecular complexity index is 472. The van der Waals surface area contributed by atoms with E-state index < -0.39 is 0 Å². The average molecular weight is 244 g/mol. The molecule has 0 saturated heterocycles. The number of pyridine rings is 1. The van der Waals surface area contributed by atoms with Gasteiger partial charge in [-0.05, 0) is 13.0 Å². The molecule has 2 aromatic heterocycles. The Balaban J connectivity index is 2.37. The van der Waals surface area contributed by atoms with Crippen molar-refractivity contribution in [3.05, 3.63) is 29.3 Å². The third kappa shape index (κ3) is 2.30. The van der Waals surface area contributed by atoms with Crippen molar-refractivity contribution >= 4 is 22.9 Å². The Morgan fingerprint density at radius 3 is 2.80 bits per heavy atom. The highest BCUT2D eigenvalue weighted by atomic mass is 35.5. The predicted molar refractivity (Wildman–Crippen MR) is 57.4 cm³/mol. The molecule has 3 nitrogen and oxygen atoms in total. The quantitative estimate of drug-likeness (QED) is 0.761. The van der Waals surface area contributed by atoms with E-state index >= 15 is 0 Å². The van der Waals surface area contributed by atoms with Crippen molar-refractivity contribution in [2.75, 3.05) is 0 Å². The zero-order chi connectivity index (χ0) is 10.8. The minimum atomic E-state index is -0.386. The van der Waals surface area contributed by atoms with Gasteiger partial charge in [-0.1, -0.05) is 11.3 Å². The van der Waals surface area contributed by atoms with Crippen molar-refractivity contribution in [2.24, 2.45) is 0 Å². The topological polar surface area (TPSA) is 38.7 Å². The largest absolute Gasteiger partial charge is 0.261 e. The first-order valence-corrected chi connectivity index (χ1v) is 5.50. The van der Waals surface area contributed by atoms with Crippen LogP contribution in [0.5, 0.6) is 0 Å². The molecule has 6 heteroatoms. The molecular formula is C9H7ClFN3S. The van der Waals surface area contributed by atoms with E-state index in [-0.39, 0.29) is 11.2 Å². The fourth-order valence-corrected chi connectivity index (χ4v) is 1.97. The number of hydrogen-bond acceptors (Lipinski definition) is 4. The SMILES string of the molecule is CC(Cl)c1nnc(-c2cncc(F)c2)s1. The normalized spacial score (nSPS) is 12.7. The highest BCUT2D eigenvalue weighted by molar-refractivity contribution is 7.15. The maximum absolute atomic E-state index is 12.9. The van der Waals surface area contributed by atoms with Gasteiger partial charge in [0, 0.05) is 11.8 Å². The Hall–Kier alpha value is -1.07. The highest BCUT2D eigenvalue weighted by Gasteiger charge is 2.11. The van der Waals surface area contributed by atoms with Crippen LogP contribution in [0.4, 0.5) is 4.39 Å². The van der Waals surface area contributed by atoms with E-state index in [9.17, 15) is 4.39 Å². The van der Waals surface area contributed by atoms with E-state index in [2.05, 4.69) is 15.2 Å². The second-order valence-corrected chi connectivity index (χ2v) is 4.62. The smallest absolute Gasteiger partial charge is 0.149 e. The molecule has 0 aliphatic rings. The van der Waals surface area contributed by atoms with Gasteiger partial charge in [-0.15, -0.1) is 21.8 Å². The molecule has 1 unspecified atom stereocenters. The van der Waals surface area contributed by atoms with Crippen LogP contribution >= 0.6 is 22.9 Å². The summed E-state index contributed by atoms with van der Waals surface area (Å²) in [6.45, 7) is 1.82. The Kier molecular flexibility index (Phi) is 2.93. The van der Waals surface area contributed by atoms with E-state index in [4.69, 9.17) is 11.6 Å². The second kappa shape index (κ2) is 4.20. The third-order valence-electron chi connectivity index (χ3n) is 1.73. The third-order valence-corrected chi connectivity index (χ3v) is 3.22. The number of alkyl halides is 1. The maximum Gasteiger partial charge on any atom is 0.149 e. The molecule has 0 fully saturated rings. The van der Waals surface area contributed by atoms with Crippen LogP contribution in [0.25, 0.3) is 10.6 Å². The van der Waals surface area contributed by atoms with Gasteiger partial charge in [0.1, 0.15) is 15.8 Å². The first kappa shape index (κ1) is 10.4. The lowest BCUT2D eigenvalue weighted by Gasteiger charge is -1.94. The predicted octanol–water partition coefficient (Wildman–Crippen LogP) is 3.04. The molecule has 78 valence electrons. The van der Waals surface area contributed by atoms with Gasteiger partial charge in [0.15, 0.2) is 0 Å². The Labute approximate surface area is 95.0 Å². The summed E-state index contributed by atoms with van der Waals surface area (Å²) < 4.78 is 12.9. The second-order valence-electron chi connectivity index (χ2n) is 2.95. The van der Waals surface area contributed by atoms with E-state index in [0.717, 1.165) is 11.2 Å². The van der Waals surface area contributed by atoms with E-state index in [1.54, 1.807) is 6.20 Å². The Morgan fingerprint density at radius 2 is 2.20 bits per heavy atom. The number of nitrogens with zero attached hydrogens (tertiary/aromatic N) is 3. The van der Waals surface area contributed by atoms with Gasteiger partial charge in [0.05, 0.1) is 11.6 Å². The fourth-order valence-electron chi connectivity index (χ4n) is 1.04. The van der Waals surface area contributed by atoms with Crippen LogP contribution in [0.15, 0.2) is 18.5 Å². The molecule has 2 aromatic rings. The molecule has 0 aliphatic heterocycles. The molecule has 0 bridgehead atoms. The van der Waals surface area contributed by atoms with Crippen molar-refractivity contribution < 1.29 is 4.39 Å². The summed E-state index contributed by atoms with van der Waals surface area (Å²) in [6, 6.07) is 1.37. The van der Waals surface area contributed by atoms with Crippen LogP contribution in [-0.2, 0) is 0 Å². The van der Waals surface area contributed by atoms with Crippen molar-refractivity contribution in [1.29, 1.82) is 0 Å². The molecular weight excluding hydrogens is 237 g/mol. The van der Waals surface area contributed by atoms with Gasteiger partial charge < -0.3 is 0 Å². The lowest BCUT2D eigenvalue weighted by Crippen LogP contribution is -1.82. The van der Waals surface area contributed by atoms with Crippen molar-refractivity contribution in [3.8, 4) is 10.6 Å². The average Bonchev–Trinajstić information content (AvgIpc) is 2.66. The molecule has 2 rings (SSSR count). The molecule has 1 atom stereocenters. The van der Waals surface area contributed by atoms with Gasteiger partial charge in [-0.25, -0.2) is 4.39 Å². The van der Waals surface area contributed by atoms with Crippen LogP contribution in [0.1, 0.15) is 17.3 Å². The zero-order valence-corrected chi connectivity index (χ0v) is 9.39. The van der Waals surface area contributed by atoms with Gasteiger partial charge >= 0.3 is 0 Å². The summed E-state index contributed by atoms with van der Waals surface area (Å²) >= 11 is 7.20. The standard InChI is InChI=1S/C9H7ClFN3S/c1-5(10)8-13-14-9(15-8)6-2-7(11)4-12-3-6/h2-5H,1H3. The summed E-state index contributed by atoms with van der Waals surface area (Å²) in [6.07, 6.45) is 2.70. The van der Waals surface area contributed by atoms with Gasteiger partial charge in [0.25, 0.3) is 0 Å². The molecule has 0 N–H and O–H groups in total. The van der Waals surface area contributed by atoms with Crippen molar-refractivity contribution in [1.82, 2.24) is 15.2 Å². The number of rotatable bonds is 2. The van der Waals surface area contributed by atoms with Crippen molar-refractivity contribution in [3.63, 3.8) is 0 Å². The highest BCUT2D eigenvalue weighted by Crippen LogP contribution is 2.28. The molecule has 15 heavy (non-hydrogen) atoms. The maximum atomic E-state index is 12.9. The van der Waals surface area contributed by atoms with E-state index in [0.29, 0.717) is 10.6 Å². The van der Waals surface area contributed by atoms with Crippen LogP contribution in [-0.4, -0.2) is 15.2 Å². The van der Waals surface area contributed by atoms with Crippen LogP contribution in [0, 0.1) is 5.82 Å². The molecule has 0 aliphatic carbocycles. The van der Waals surface area contributed by atoms with Gasteiger partial charge in [-0.2, -0.15) is 0 Å². The molecule has 0 aromatic carbocycles.